The molecule has 0 spiro atoms. The predicted octanol–water partition coefficient (Wildman–Crippen LogP) is 2.46. The molecule has 1 aliphatic heterocycles. The summed E-state index contributed by atoms with van der Waals surface area (Å²) in [4.78, 5) is 17.5. The van der Waals surface area contributed by atoms with Crippen molar-refractivity contribution in [2.75, 3.05) is 31.1 Å². The van der Waals surface area contributed by atoms with Crippen LogP contribution in [0.25, 0.3) is 0 Å². The van der Waals surface area contributed by atoms with Crippen molar-refractivity contribution in [3.05, 3.63) is 0 Å². The SMILES string of the molecule is CCCN(CC(=O)N(C1CCCCC1)C1CCS(=O)(=O)C1)CC1CC1. The molecular formula is C19H34N2O3S. The zero-order chi connectivity index (χ0) is 17.9. The first-order valence-electron chi connectivity index (χ1n) is 10.2. The van der Waals surface area contributed by atoms with Crippen molar-refractivity contribution >= 4 is 15.7 Å². The molecule has 0 bridgehead atoms. The van der Waals surface area contributed by atoms with Crippen LogP contribution in [0.1, 0.15) is 64.7 Å². The van der Waals surface area contributed by atoms with Gasteiger partial charge in [-0.25, -0.2) is 8.42 Å². The van der Waals surface area contributed by atoms with Crippen LogP contribution in [0.2, 0.25) is 0 Å². The summed E-state index contributed by atoms with van der Waals surface area (Å²) in [6.07, 6.45) is 9.91. The molecule has 0 aromatic rings. The third-order valence-electron chi connectivity index (χ3n) is 5.97. The molecule has 3 aliphatic rings. The van der Waals surface area contributed by atoms with Crippen LogP contribution in [-0.4, -0.2) is 67.3 Å². The minimum Gasteiger partial charge on any atom is -0.335 e. The van der Waals surface area contributed by atoms with Gasteiger partial charge in [-0.3, -0.25) is 9.69 Å². The van der Waals surface area contributed by atoms with Gasteiger partial charge in [0.15, 0.2) is 9.84 Å². The smallest absolute Gasteiger partial charge is 0.237 e. The van der Waals surface area contributed by atoms with Crippen molar-refractivity contribution in [2.24, 2.45) is 5.92 Å². The highest BCUT2D eigenvalue weighted by Gasteiger charge is 2.39. The minimum absolute atomic E-state index is 0.0926. The number of hydrogen-bond donors (Lipinski definition) is 0. The molecule has 1 heterocycles. The Morgan fingerprint density at radius 1 is 1.00 bits per heavy atom. The molecule has 5 nitrogen and oxygen atoms in total. The van der Waals surface area contributed by atoms with Gasteiger partial charge < -0.3 is 4.90 Å². The van der Waals surface area contributed by atoms with Gasteiger partial charge in [-0.05, 0) is 51.0 Å². The molecule has 1 amide bonds. The third kappa shape index (κ3) is 5.43. The maximum Gasteiger partial charge on any atom is 0.237 e. The van der Waals surface area contributed by atoms with E-state index in [0.29, 0.717) is 13.0 Å². The molecule has 0 N–H and O–H groups in total. The number of carbonyl (C=O) groups excluding carboxylic acids is 1. The van der Waals surface area contributed by atoms with Crippen molar-refractivity contribution in [1.82, 2.24) is 9.80 Å². The van der Waals surface area contributed by atoms with Crippen LogP contribution in [-0.2, 0) is 14.6 Å². The molecule has 25 heavy (non-hydrogen) atoms. The first-order chi connectivity index (χ1) is 12.0. The lowest BCUT2D eigenvalue weighted by atomic mass is 9.92. The van der Waals surface area contributed by atoms with Gasteiger partial charge in [0, 0.05) is 18.6 Å². The van der Waals surface area contributed by atoms with Crippen molar-refractivity contribution in [1.29, 1.82) is 0 Å². The van der Waals surface area contributed by atoms with Gasteiger partial charge in [-0.15, -0.1) is 0 Å². The van der Waals surface area contributed by atoms with Crippen LogP contribution >= 0.6 is 0 Å². The highest BCUT2D eigenvalue weighted by molar-refractivity contribution is 7.91. The van der Waals surface area contributed by atoms with Crippen molar-refractivity contribution < 1.29 is 13.2 Å². The Morgan fingerprint density at radius 3 is 2.28 bits per heavy atom. The van der Waals surface area contributed by atoms with Crippen LogP contribution in [0, 0.1) is 5.92 Å². The van der Waals surface area contributed by atoms with Gasteiger partial charge >= 0.3 is 0 Å². The molecule has 1 saturated heterocycles. The summed E-state index contributed by atoms with van der Waals surface area (Å²) in [6.45, 7) is 4.62. The van der Waals surface area contributed by atoms with E-state index < -0.39 is 9.84 Å². The van der Waals surface area contributed by atoms with Crippen LogP contribution in [0.15, 0.2) is 0 Å². The lowest BCUT2D eigenvalue weighted by Gasteiger charge is -2.39. The Balaban J connectivity index is 1.69. The van der Waals surface area contributed by atoms with E-state index in [-0.39, 0.29) is 29.5 Å². The molecule has 2 saturated carbocycles. The Hall–Kier alpha value is -0.620. The fourth-order valence-electron chi connectivity index (χ4n) is 4.55. The molecule has 3 fully saturated rings. The predicted molar refractivity (Wildman–Crippen MR) is 100 cm³/mol. The second-order valence-corrected chi connectivity index (χ2v) is 10.6. The summed E-state index contributed by atoms with van der Waals surface area (Å²) in [6, 6.07) is 0.161. The van der Waals surface area contributed by atoms with E-state index in [0.717, 1.165) is 51.1 Å². The van der Waals surface area contributed by atoms with Crippen molar-refractivity contribution in [2.45, 2.75) is 76.8 Å². The highest BCUT2D eigenvalue weighted by atomic mass is 32.2. The Kier molecular flexibility index (Phi) is 6.42. The quantitative estimate of drug-likeness (QED) is 0.658. The molecule has 1 atom stereocenters. The Morgan fingerprint density at radius 2 is 1.72 bits per heavy atom. The van der Waals surface area contributed by atoms with Gasteiger partial charge in [-0.2, -0.15) is 0 Å². The maximum absolute atomic E-state index is 13.2. The summed E-state index contributed by atoms with van der Waals surface area (Å²) >= 11 is 0. The van der Waals surface area contributed by atoms with E-state index in [1.54, 1.807) is 0 Å². The van der Waals surface area contributed by atoms with Crippen LogP contribution in [0.3, 0.4) is 0 Å². The van der Waals surface area contributed by atoms with Gasteiger partial charge in [-0.1, -0.05) is 26.2 Å². The van der Waals surface area contributed by atoms with E-state index in [9.17, 15) is 13.2 Å². The fraction of sp³-hybridized carbons (Fsp3) is 0.947. The first kappa shape index (κ1) is 19.2. The fourth-order valence-corrected chi connectivity index (χ4v) is 6.26. The summed E-state index contributed by atoms with van der Waals surface area (Å²) in [5, 5.41) is 0. The number of carbonyl (C=O) groups is 1. The van der Waals surface area contributed by atoms with E-state index in [1.807, 2.05) is 4.90 Å². The third-order valence-corrected chi connectivity index (χ3v) is 7.72. The molecule has 0 radical (unpaired) electrons. The summed E-state index contributed by atoms with van der Waals surface area (Å²) < 4.78 is 24.0. The monoisotopic (exact) mass is 370 g/mol. The highest BCUT2D eigenvalue weighted by Crippen LogP contribution is 2.31. The number of hydrogen-bond acceptors (Lipinski definition) is 4. The number of sulfone groups is 1. The van der Waals surface area contributed by atoms with Gasteiger partial charge in [0.05, 0.1) is 18.1 Å². The maximum atomic E-state index is 13.2. The zero-order valence-electron chi connectivity index (χ0n) is 15.7. The summed E-state index contributed by atoms with van der Waals surface area (Å²) in [5.41, 5.74) is 0. The standard InChI is InChI=1S/C19H34N2O3S/c1-2-11-20(13-16-8-9-16)14-19(22)21(17-6-4-3-5-7-17)18-10-12-25(23,24)15-18/h16-18H,2-15H2,1H3. The van der Waals surface area contributed by atoms with E-state index in [1.165, 1.54) is 19.3 Å². The number of rotatable bonds is 8. The lowest BCUT2D eigenvalue weighted by Crippen LogP contribution is -2.52. The molecule has 0 aromatic heterocycles. The number of amides is 1. The summed E-state index contributed by atoms with van der Waals surface area (Å²) in [7, 11) is -2.97. The molecule has 2 aliphatic carbocycles. The first-order valence-corrected chi connectivity index (χ1v) is 12.0. The van der Waals surface area contributed by atoms with Crippen molar-refractivity contribution in [3.63, 3.8) is 0 Å². The van der Waals surface area contributed by atoms with Crippen molar-refractivity contribution in [3.8, 4) is 0 Å². The van der Waals surface area contributed by atoms with Gasteiger partial charge in [0.1, 0.15) is 0 Å². The molecular weight excluding hydrogens is 336 g/mol. The molecule has 1 unspecified atom stereocenters. The average molecular weight is 371 g/mol. The van der Waals surface area contributed by atoms with Gasteiger partial charge in [0.25, 0.3) is 0 Å². The second kappa shape index (κ2) is 8.38. The largest absolute Gasteiger partial charge is 0.335 e. The molecule has 3 rings (SSSR count). The van der Waals surface area contributed by atoms with E-state index in [2.05, 4.69) is 11.8 Å². The molecule has 6 heteroatoms. The minimum atomic E-state index is -2.97. The van der Waals surface area contributed by atoms with E-state index in [4.69, 9.17) is 0 Å². The lowest BCUT2D eigenvalue weighted by molar-refractivity contribution is -0.137. The van der Waals surface area contributed by atoms with Crippen LogP contribution in [0.4, 0.5) is 0 Å². The van der Waals surface area contributed by atoms with Crippen LogP contribution in [0.5, 0.6) is 0 Å². The zero-order valence-corrected chi connectivity index (χ0v) is 16.5. The van der Waals surface area contributed by atoms with Gasteiger partial charge in [0.2, 0.25) is 5.91 Å². The number of nitrogens with zero attached hydrogens (tertiary/aromatic N) is 2. The topological polar surface area (TPSA) is 57.7 Å². The normalized spacial score (nSPS) is 26.9. The molecule has 144 valence electrons. The Bertz CT molecular complexity index is 553. The second-order valence-electron chi connectivity index (χ2n) is 8.33. The average Bonchev–Trinajstić information content (AvgIpc) is 3.31. The molecule has 0 aromatic carbocycles. The summed E-state index contributed by atoms with van der Waals surface area (Å²) in [5.74, 6) is 1.36. The van der Waals surface area contributed by atoms with E-state index >= 15 is 0 Å². The Labute approximate surface area is 153 Å². The van der Waals surface area contributed by atoms with Crippen LogP contribution < -0.4 is 0 Å².